The molecule has 0 aromatic heterocycles. The second-order valence-electron chi connectivity index (χ2n) is 4.71. The SMILES string of the molecule is COC(/C=C/c1ccc(-c2cccc(C(=O)O)c2)cc1)OC. The van der Waals surface area contributed by atoms with Crippen LogP contribution in [0.3, 0.4) is 0 Å². The van der Waals surface area contributed by atoms with Crippen LogP contribution in [0.4, 0.5) is 0 Å². The molecule has 0 atom stereocenters. The van der Waals surface area contributed by atoms with Gasteiger partial charge in [0.05, 0.1) is 5.56 Å². The molecule has 2 aromatic carbocycles. The maximum atomic E-state index is 11.0. The molecule has 0 saturated heterocycles. The molecule has 0 aliphatic carbocycles. The van der Waals surface area contributed by atoms with E-state index in [0.717, 1.165) is 16.7 Å². The molecule has 2 aromatic rings. The molecule has 1 N–H and O–H groups in total. The van der Waals surface area contributed by atoms with Crippen LogP contribution in [0, 0.1) is 0 Å². The van der Waals surface area contributed by atoms with Gasteiger partial charge in [0.1, 0.15) is 0 Å². The van der Waals surface area contributed by atoms with Gasteiger partial charge < -0.3 is 14.6 Å². The third kappa shape index (κ3) is 4.04. The van der Waals surface area contributed by atoms with Crippen molar-refractivity contribution in [1.29, 1.82) is 0 Å². The van der Waals surface area contributed by atoms with Gasteiger partial charge in [0, 0.05) is 14.2 Å². The Labute approximate surface area is 129 Å². The minimum Gasteiger partial charge on any atom is -0.478 e. The second kappa shape index (κ2) is 7.54. The molecule has 0 fully saturated rings. The lowest BCUT2D eigenvalue weighted by Gasteiger charge is -2.07. The lowest BCUT2D eigenvalue weighted by molar-refractivity contribution is -0.0660. The number of rotatable bonds is 6. The van der Waals surface area contributed by atoms with E-state index in [4.69, 9.17) is 14.6 Å². The third-order valence-corrected chi connectivity index (χ3v) is 3.26. The van der Waals surface area contributed by atoms with E-state index in [1.807, 2.05) is 42.5 Å². The highest BCUT2D eigenvalue weighted by atomic mass is 16.7. The Balaban J connectivity index is 2.18. The lowest BCUT2D eigenvalue weighted by Crippen LogP contribution is -2.08. The van der Waals surface area contributed by atoms with Gasteiger partial charge in [0.15, 0.2) is 6.29 Å². The van der Waals surface area contributed by atoms with Gasteiger partial charge in [-0.3, -0.25) is 0 Å². The fraction of sp³-hybridized carbons (Fsp3) is 0.167. The minimum atomic E-state index is -0.924. The van der Waals surface area contributed by atoms with Crippen molar-refractivity contribution in [1.82, 2.24) is 0 Å². The summed E-state index contributed by atoms with van der Waals surface area (Å²) in [4.78, 5) is 11.0. The standard InChI is InChI=1S/C18H18O4/c1-21-17(22-2)11-8-13-6-9-14(10-7-13)15-4-3-5-16(12-15)18(19)20/h3-12,17H,1-2H3,(H,19,20)/b11-8+. The molecule has 4 nitrogen and oxygen atoms in total. The summed E-state index contributed by atoms with van der Waals surface area (Å²) in [5.74, 6) is -0.924. The van der Waals surface area contributed by atoms with Crippen molar-refractivity contribution in [2.24, 2.45) is 0 Å². The second-order valence-corrected chi connectivity index (χ2v) is 4.71. The number of methoxy groups -OCH3 is 2. The lowest BCUT2D eigenvalue weighted by atomic mass is 10.0. The number of carboxylic acids is 1. The van der Waals surface area contributed by atoms with E-state index in [1.165, 1.54) is 0 Å². The van der Waals surface area contributed by atoms with Crippen LogP contribution in [-0.4, -0.2) is 31.6 Å². The Morgan fingerprint density at radius 3 is 2.32 bits per heavy atom. The Hall–Kier alpha value is -2.43. The zero-order chi connectivity index (χ0) is 15.9. The van der Waals surface area contributed by atoms with Crippen molar-refractivity contribution in [2.75, 3.05) is 14.2 Å². The highest BCUT2D eigenvalue weighted by Gasteiger charge is 2.04. The normalized spacial score (nSPS) is 11.2. The molecule has 0 unspecified atom stereocenters. The van der Waals surface area contributed by atoms with Crippen molar-refractivity contribution in [3.8, 4) is 11.1 Å². The molecule has 0 saturated carbocycles. The van der Waals surface area contributed by atoms with Gasteiger partial charge in [0.25, 0.3) is 0 Å². The van der Waals surface area contributed by atoms with E-state index in [0.29, 0.717) is 0 Å². The summed E-state index contributed by atoms with van der Waals surface area (Å²) in [6, 6.07) is 14.7. The molecule has 114 valence electrons. The average Bonchev–Trinajstić information content (AvgIpc) is 2.56. The highest BCUT2D eigenvalue weighted by molar-refractivity contribution is 5.89. The minimum absolute atomic E-state index is 0.282. The number of hydrogen-bond donors (Lipinski definition) is 1. The molecule has 0 spiro atoms. The van der Waals surface area contributed by atoms with Crippen molar-refractivity contribution in [3.05, 3.63) is 65.7 Å². The van der Waals surface area contributed by atoms with Crippen LogP contribution in [0.25, 0.3) is 17.2 Å². The van der Waals surface area contributed by atoms with Crippen LogP contribution < -0.4 is 0 Å². The van der Waals surface area contributed by atoms with Crippen molar-refractivity contribution in [3.63, 3.8) is 0 Å². The molecular weight excluding hydrogens is 280 g/mol. The van der Waals surface area contributed by atoms with Crippen LogP contribution in [0.1, 0.15) is 15.9 Å². The first-order valence-corrected chi connectivity index (χ1v) is 6.81. The summed E-state index contributed by atoms with van der Waals surface area (Å²) in [6.45, 7) is 0. The summed E-state index contributed by atoms with van der Waals surface area (Å²) in [7, 11) is 3.16. The number of benzene rings is 2. The van der Waals surface area contributed by atoms with Gasteiger partial charge >= 0.3 is 5.97 Å². The predicted molar refractivity (Wildman–Crippen MR) is 85.7 cm³/mol. The molecule has 0 amide bonds. The molecule has 0 radical (unpaired) electrons. The molecular formula is C18H18O4. The summed E-state index contributed by atoms with van der Waals surface area (Å²) < 4.78 is 10.2. The van der Waals surface area contributed by atoms with Crippen LogP contribution in [-0.2, 0) is 9.47 Å². The molecule has 0 aliphatic heterocycles. The summed E-state index contributed by atoms with van der Waals surface area (Å²) in [5.41, 5.74) is 3.14. The van der Waals surface area contributed by atoms with Crippen LogP contribution in [0.2, 0.25) is 0 Å². The van der Waals surface area contributed by atoms with Crippen LogP contribution >= 0.6 is 0 Å². The van der Waals surface area contributed by atoms with Gasteiger partial charge in [0.2, 0.25) is 0 Å². The Morgan fingerprint density at radius 2 is 1.73 bits per heavy atom. The van der Waals surface area contributed by atoms with E-state index < -0.39 is 5.97 Å². The summed E-state index contributed by atoms with van der Waals surface area (Å²) in [5, 5.41) is 9.04. The quantitative estimate of drug-likeness (QED) is 0.826. The fourth-order valence-electron chi connectivity index (χ4n) is 2.06. The van der Waals surface area contributed by atoms with Crippen molar-refractivity contribution < 1.29 is 19.4 Å². The van der Waals surface area contributed by atoms with Crippen LogP contribution in [0.5, 0.6) is 0 Å². The van der Waals surface area contributed by atoms with Gasteiger partial charge in [-0.1, -0.05) is 42.5 Å². The largest absolute Gasteiger partial charge is 0.478 e. The van der Waals surface area contributed by atoms with E-state index in [1.54, 1.807) is 32.4 Å². The fourth-order valence-corrected chi connectivity index (χ4v) is 2.06. The van der Waals surface area contributed by atoms with Crippen LogP contribution in [0.15, 0.2) is 54.6 Å². The number of carboxylic acid groups (broad SMARTS) is 1. The summed E-state index contributed by atoms with van der Waals surface area (Å²) in [6.07, 6.45) is 3.36. The number of aromatic carboxylic acids is 1. The van der Waals surface area contributed by atoms with Gasteiger partial charge in [-0.05, 0) is 34.9 Å². The van der Waals surface area contributed by atoms with Crippen molar-refractivity contribution >= 4 is 12.0 Å². The monoisotopic (exact) mass is 298 g/mol. The highest BCUT2D eigenvalue weighted by Crippen LogP contribution is 2.21. The third-order valence-electron chi connectivity index (χ3n) is 3.26. The van der Waals surface area contributed by atoms with Gasteiger partial charge in [-0.25, -0.2) is 4.79 Å². The Bertz CT molecular complexity index is 655. The van der Waals surface area contributed by atoms with Gasteiger partial charge in [-0.2, -0.15) is 0 Å². The molecule has 0 heterocycles. The van der Waals surface area contributed by atoms with Gasteiger partial charge in [-0.15, -0.1) is 0 Å². The molecule has 0 aliphatic rings. The maximum Gasteiger partial charge on any atom is 0.335 e. The Kier molecular flexibility index (Phi) is 5.47. The zero-order valence-electron chi connectivity index (χ0n) is 12.5. The first-order chi connectivity index (χ1) is 10.6. The maximum absolute atomic E-state index is 11.0. The summed E-state index contributed by atoms with van der Waals surface area (Å²) >= 11 is 0. The first kappa shape index (κ1) is 15.9. The predicted octanol–water partition coefficient (Wildman–Crippen LogP) is 3.68. The zero-order valence-corrected chi connectivity index (χ0v) is 12.5. The molecule has 0 bridgehead atoms. The van der Waals surface area contributed by atoms with E-state index >= 15 is 0 Å². The first-order valence-electron chi connectivity index (χ1n) is 6.81. The number of ether oxygens (including phenoxy) is 2. The number of hydrogen-bond acceptors (Lipinski definition) is 3. The molecule has 2 rings (SSSR count). The number of carbonyl (C=O) groups is 1. The smallest absolute Gasteiger partial charge is 0.335 e. The molecule has 4 heteroatoms. The average molecular weight is 298 g/mol. The van der Waals surface area contributed by atoms with E-state index in [-0.39, 0.29) is 11.9 Å². The van der Waals surface area contributed by atoms with E-state index in [2.05, 4.69) is 0 Å². The Morgan fingerprint density at radius 1 is 1.05 bits per heavy atom. The van der Waals surface area contributed by atoms with Crippen molar-refractivity contribution in [2.45, 2.75) is 6.29 Å². The van der Waals surface area contributed by atoms with E-state index in [9.17, 15) is 4.79 Å². The molecule has 22 heavy (non-hydrogen) atoms. The topological polar surface area (TPSA) is 55.8 Å².